The molecule has 7 heteroatoms. The maximum absolute atomic E-state index is 12.7. The summed E-state index contributed by atoms with van der Waals surface area (Å²) >= 11 is 1.41. The molecule has 0 aliphatic carbocycles. The molecule has 0 N–H and O–H groups in total. The Balaban J connectivity index is 1.72. The van der Waals surface area contributed by atoms with E-state index in [0.29, 0.717) is 5.75 Å². The van der Waals surface area contributed by atoms with Gasteiger partial charge in [0.2, 0.25) is 10.0 Å². The van der Waals surface area contributed by atoms with Crippen molar-refractivity contribution >= 4 is 27.8 Å². The SMILES string of the molecule is O=C(OCc1ccccc1)[C@@H]1CSCN1S(=O)(=O)c1ccccc1. The lowest BCUT2D eigenvalue weighted by Crippen LogP contribution is -2.42. The largest absolute Gasteiger partial charge is 0.460 e. The zero-order valence-electron chi connectivity index (χ0n) is 12.9. The van der Waals surface area contributed by atoms with Crippen LogP contribution in [0.3, 0.4) is 0 Å². The van der Waals surface area contributed by atoms with Crippen molar-refractivity contribution in [1.29, 1.82) is 0 Å². The molecule has 126 valence electrons. The maximum atomic E-state index is 12.7. The van der Waals surface area contributed by atoms with Crippen molar-refractivity contribution in [2.45, 2.75) is 17.5 Å². The van der Waals surface area contributed by atoms with E-state index < -0.39 is 22.0 Å². The van der Waals surface area contributed by atoms with Gasteiger partial charge in [-0.05, 0) is 17.7 Å². The normalized spacial score (nSPS) is 18.4. The lowest BCUT2D eigenvalue weighted by atomic mass is 10.2. The van der Waals surface area contributed by atoms with Gasteiger partial charge in [-0.3, -0.25) is 4.79 Å². The van der Waals surface area contributed by atoms with Crippen molar-refractivity contribution in [2.75, 3.05) is 11.6 Å². The average molecular weight is 363 g/mol. The second-order valence-electron chi connectivity index (χ2n) is 5.31. The zero-order chi connectivity index (χ0) is 17.0. The van der Waals surface area contributed by atoms with Crippen LogP contribution in [0.15, 0.2) is 65.6 Å². The predicted molar refractivity (Wildman–Crippen MR) is 92.8 cm³/mol. The first-order valence-corrected chi connectivity index (χ1v) is 10.0. The van der Waals surface area contributed by atoms with Gasteiger partial charge in [0, 0.05) is 5.75 Å². The average Bonchev–Trinajstić information content (AvgIpc) is 3.12. The Morgan fingerprint density at radius 1 is 1.08 bits per heavy atom. The molecule has 0 amide bonds. The summed E-state index contributed by atoms with van der Waals surface area (Å²) in [6, 6.07) is 16.7. The Bertz CT molecular complexity index is 794. The van der Waals surface area contributed by atoms with Gasteiger partial charge in [0.05, 0.1) is 10.8 Å². The fourth-order valence-electron chi connectivity index (χ4n) is 2.40. The van der Waals surface area contributed by atoms with Gasteiger partial charge in [0.25, 0.3) is 0 Å². The number of hydrogen-bond donors (Lipinski definition) is 0. The van der Waals surface area contributed by atoms with Crippen LogP contribution in [-0.2, 0) is 26.2 Å². The molecule has 1 atom stereocenters. The van der Waals surface area contributed by atoms with Gasteiger partial charge in [-0.25, -0.2) is 8.42 Å². The van der Waals surface area contributed by atoms with Crippen LogP contribution in [0.25, 0.3) is 0 Å². The Kier molecular flexibility index (Phi) is 5.23. The second-order valence-corrected chi connectivity index (χ2v) is 8.20. The second kappa shape index (κ2) is 7.38. The van der Waals surface area contributed by atoms with Gasteiger partial charge in [0.1, 0.15) is 12.6 Å². The van der Waals surface area contributed by atoms with Crippen LogP contribution >= 0.6 is 11.8 Å². The van der Waals surface area contributed by atoms with Gasteiger partial charge in [-0.1, -0.05) is 48.5 Å². The predicted octanol–water partition coefficient (Wildman–Crippen LogP) is 2.49. The number of hydrogen-bond acceptors (Lipinski definition) is 5. The summed E-state index contributed by atoms with van der Waals surface area (Å²) in [5.41, 5.74) is 0.869. The third kappa shape index (κ3) is 3.63. The van der Waals surface area contributed by atoms with Crippen LogP contribution in [0.1, 0.15) is 5.56 Å². The van der Waals surface area contributed by atoms with Gasteiger partial charge in [-0.15, -0.1) is 11.8 Å². The smallest absolute Gasteiger partial charge is 0.325 e. The number of nitrogens with zero attached hydrogens (tertiary/aromatic N) is 1. The molecule has 0 aromatic heterocycles. The molecule has 1 fully saturated rings. The summed E-state index contributed by atoms with van der Waals surface area (Å²) in [5, 5.41) is 0. The lowest BCUT2D eigenvalue weighted by molar-refractivity contribution is -0.148. The summed E-state index contributed by atoms with van der Waals surface area (Å²) in [6.45, 7) is 0.139. The minimum absolute atomic E-state index is 0.139. The number of ether oxygens (including phenoxy) is 1. The van der Waals surface area contributed by atoms with Crippen LogP contribution in [0, 0.1) is 0 Å². The van der Waals surface area contributed by atoms with Crippen molar-refractivity contribution in [3.8, 4) is 0 Å². The molecule has 0 unspecified atom stereocenters. The molecule has 1 heterocycles. The Morgan fingerprint density at radius 2 is 1.71 bits per heavy atom. The highest BCUT2D eigenvalue weighted by atomic mass is 32.2. The van der Waals surface area contributed by atoms with Crippen molar-refractivity contribution in [3.63, 3.8) is 0 Å². The van der Waals surface area contributed by atoms with Crippen molar-refractivity contribution < 1.29 is 17.9 Å². The first-order chi connectivity index (χ1) is 11.6. The molecule has 24 heavy (non-hydrogen) atoms. The highest BCUT2D eigenvalue weighted by Gasteiger charge is 2.40. The van der Waals surface area contributed by atoms with Crippen molar-refractivity contribution in [1.82, 2.24) is 4.31 Å². The molecule has 1 aliphatic rings. The number of carbonyl (C=O) groups excluding carboxylic acids is 1. The Labute approximate surface area is 145 Å². The van der Waals surface area contributed by atoms with E-state index in [0.717, 1.165) is 5.56 Å². The number of thioether (sulfide) groups is 1. The lowest BCUT2D eigenvalue weighted by Gasteiger charge is -2.21. The number of sulfonamides is 1. The van der Waals surface area contributed by atoms with Gasteiger partial charge < -0.3 is 4.74 Å². The molecule has 3 rings (SSSR count). The molecule has 0 radical (unpaired) electrons. The first kappa shape index (κ1) is 17.0. The standard InChI is InChI=1S/C17H17NO4S2/c19-17(22-11-14-7-3-1-4-8-14)16-12-23-13-18(16)24(20,21)15-9-5-2-6-10-15/h1-10,16H,11-13H2/t16-/m0/s1. The minimum atomic E-state index is -3.70. The van der Waals surface area contributed by atoms with Crippen LogP contribution in [0.2, 0.25) is 0 Å². The summed E-state index contributed by atoms with van der Waals surface area (Å²) in [4.78, 5) is 12.6. The molecule has 0 saturated carbocycles. The highest BCUT2D eigenvalue weighted by molar-refractivity contribution is 8.00. The number of esters is 1. The molecular formula is C17H17NO4S2. The summed E-state index contributed by atoms with van der Waals surface area (Å²) < 4.78 is 32.0. The Morgan fingerprint density at radius 3 is 2.38 bits per heavy atom. The maximum Gasteiger partial charge on any atom is 0.325 e. The highest BCUT2D eigenvalue weighted by Crippen LogP contribution is 2.29. The molecule has 2 aromatic carbocycles. The van der Waals surface area contributed by atoms with E-state index >= 15 is 0 Å². The molecule has 2 aromatic rings. The van der Waals surface area contributed by atoms with Crippen LogP contribution in [-0.4, -0.2) is 36.4 Å². The summed E-state index contributed by atoms with van der Waals surface area (Å²) in [5.74, 6) is 0.144. The van der Waals surface area contributed by atoms with Crippen molar-refractivity contribution in [2.24, 2.45) is 0 Å². The van der Waals surface area contributed by atoms with E-state index in [9.17, 15) is 13.2 Å². The molecular weight excluding hydrogens is 346 g/mol. The monoisotopic (exact) mass is 363 g/mol. The number of rotatable bonds is 5. The summed E-state index contributed by atoms with van der Waals surface area (Å²) in [7, 11) is -3.70. The van der Waals surface area contributed by atoms with Gasteiger partial charge >= 0.3 is 5.97 Å². The topological polar surface area (TPSA) is 63.7 Å². The number of benzene rings is 2. The van der Waals surface area contributed by atoms with E-state index in [2.05, 4.69) is 0 Å². The third-order valence-electron chi connectivity index (χ3n) is 3.69. The van der Waals surface area contributed by atoms with E-state index in [1.807, 2.05) is 30.3 Å². The fraction of sp³-hybridized carbons (Fsp3) is 0.235. The Hall–Kier alpha value is -1.83. The van der Waals surface area contributed by atoms with E-state index in [4.69, 9.17) is 4.74 Å². The van der Waals surface area contributed by atoms with Crippen LogP contribution in [0.4, 0.5) is 0 Å². The van der Waals surface area contributed by atoms with E-state index in [1.54, 1.807) is 18.2 Å². The van der Waals surface area contributed by atoms with Crippen molar-refractivity contribution in [3.05, 3.63) is 66.2 Å². The van der Waals surface area contributed by atoms with E-state index in [1.165, 1.54) is 28.2 Å². The van der Waals surface area contributed by atoms with Crippen LogP contribution in [0.5, 0.6) is 0 Å². The molecule has 5 nitrogen and oxygen atoms in total. The first-order valence-electron chi connectivity index (χ1n) is 7.44. The third-order valence-corrected chi connectivity index (χ3v) is 6.73. The number of carbonyl (C=O) groups is 1. The van der Waals surface area contributed by atoms with E-state index in [-0.39, 0.29) is 17.4 Å². The molecule has 0 spiro atoms. The molecule has 1 saturated heterocycles. The van der Waals surface area contributed by atoms with Crippen LogP contribution < -0.4 is 0 Å². The minimum Gasteiger partial charge on any atom is -0.460 e. The van der Waals surface area contributed by atoms with Gasteiger partial charge in [-0.2, -0.15) is 4.31 Å². The molecule has 0 bridgehead atoms. The quantitative estimate of drug-likeness (QED) is 0.764. The van der Waals surface area contributed by atoms with Gasteiger partial charge in [0.15, 0.2) is 0 Å². The molecule has 1 aliphatic heterocycles. The fourth-order valence-corrected chi connectivity index (χ4v) is 5.55. The zero-order valence-corrected chi connectivity index (χ0v) is 14.5. The summed E-state index contributed by atoms with van der Waals surface area (Å²) in [6.07, 6.45) is 0.